The van der Waals surface area contributed by atoms with Gasteiger partial charge in [0.1, 0.15) is 34.0 Å². The van der Waals surface area contributed by atoms with Crippen LogP contribution in [-0.4, -0.2) is 57.0 Å². The highest BCUT2D eigenvalue weighted by atomic mass is 35.5. The van der Waals surface area contributed by atoms with Crippen molar-refractivity contribution < 1.29 is 38.7 Å². The number of carbonyl (C=O) groups excluding carboxylic acids is 2. The third-order valence-electron chi connectivity index (χ3n) is 10.9. The summed E-state index contributed by atoms with van der Waals surface area (Å²) in [5, 5.41) is 31.2. The number of hydrogen-bond acceptors (Lipinski definition) is 11. The quantitative estimate of drug-likeness (QED) is 0.0918. The molecule has 9 aromatic rings. The fourth-order valence-electron chi connectivity index (χ4n) is 7.78. The third-order valence-corrected chi connectivity index (χ3v) is 11.5. The molecule has 1 aliphatic rings. The zero-order valence-corrected chi connectivity index (χ0v) is 36.8. The average molecular weight is 933 g/mol. The Kier molecular flexibility index (Phi) is 13.1. The fraction of sp³-hybridized carbons (Fsp3) is 0.0962. The van der Waals surface area contributed by atoms with Gasteiger partial charge in [0.15, 0.2) is 24.7 Å². The van der Waals surface area contributed by atoms with Crippen LogP contribution in [0.2, 0.25) is 10.0 Å². The Morgan fingerprint density at radius 1 is 0.552 bits per heavy atom. The summed E-state index contributed by atoms with van der Waals surface area (Å²) in [6, 6.07) is 41.8. The van der Waals surface area contributed by atoms with E-state index in [1.165, 1.54) is 0 Å². The van der Waals surface area contributed by atoms with Gasteiger partial charge in [-0.1, -0.05) is 96.0 Å². The first kappa shape index (κ1) is 44.1. The van der Waals surface area contributed by atoms with Gasteiger partial charge < -0.3 is 39.8 Å². The number of benzene rings is 6. The number of para-hydroxylation sites is 4. The fourth-order valence-corrected chi connectivity index (χ4v) is 8.32. The van der Waals surface area contributed by atoms with Crippen molar-refractivity contribution in [2.75, 3.05) is 20.0 Å². The Balaban J connectivity index is 0.000000168. The molecule has 0 fully saturated rings. The Morgan fingerprint density at radius 2 is 1.03 bits per heavy atom. The molecule has 4 N–H and O–H groups in total. The number of pyridine rings is 3. The third kappa shape index (κ3) is 9.64. The smallest absolute Gasteiger partial charge is 0.258 e. The first-order chi connectivity index (χ1) is 32.7. The van der Waals surface area contributed by atoms with Gasteiger partial charge in [-0.15, -0.1) is 0 Å². The Labute approximate surface area is 393 Å². The summed E-state index contributed by atoms with van der Waals surface area (Å²) in [5.74, 6) is 1.31. The number of fused-ring (bicyclic) bond motifs is 4. The van der Waals surface area contributed by atoms with Gasteiger partial charge in [0.05, 0.1) is 27.6 Å². The lowest BCUT2D eigenvalue weighted by atomic mass is 9.94. The van der Waals surface area contributed by atoms with Gasteiger partial charge in [-0.2, -0.15) is 0 Å². The number of carbonyl (C=O) groups is 2. The van der Waals surface area contributed by atoms with E-state index in [2.05, 4.69) is 25.6 Å². The Morgan fingerprint density at radius 3 is 1.60 bits per heavy atom. The average Bonchev–Trinajstić information content (AvgIpc) is 3.87. The summed E-state index contributed by atoms with van der Waals surface area (Å²) in [7, 11) is 0. The second-order valence-corrected chi connectivity index (χ2v) is 15.9. The molecule has 334 valence electrons. The van der Waals surface area contributed by atoms with Gasteiger partial charge in [0.25, 0.3) is 11.8 Å². The summed E-state index contributed by atoms with van der Waals surface area (Å²) in [4.78, 5) is 39.0. The second kappa shape index (κ2) is 19.9. The number of amides is 2. The highest BCUT2D eigenvalue weighted by Gasteiger charge is 2.30. The van der Waals surface area contributed by atoms with Gasteiger partial charge in [-0.25, -0.2) is 0 Å². The molecule has 15 heteroatoms. The maximum atomic E-state index is 13.0. The van der Waals surface area contributed by atoms with Crippen LogP contribution >= 0.6 is 23.2 Å². The molecule has 0 spiro atoms. The molecule has 0 saturated heterocycles. The lowest BCUT2D eigenvalue weighted by Crippen LogP contribution is -2.33. The van der Waals surface area contributed by atoms with Crippen molar-refractivity contribution in [3.8, 4) is 34.5 Å². The maximum Gasteiger partial charge on any atom is 0.258 e. The molecule has 3 aromatic heterocycles. The molecule has 2 unspecified atom stereocenters. The van der Waals surface area contributed by atoms with Gasteiger partial charge in [-0.05, 0) is 72.8 Å². The van der Waals surface area contributed by atoms with E-state index >= 15 is 0 Å². The van der Waals surface area contributed by atoms with E-state index < -0.39 is 18.0 Å². The minimum atomic E-state index is -0.794. The molecule has 2 amide bonds. The number of hydrogen-bond donors (Lipinski definition) is 4. The predicted molar refractivity (Wildman–Crippen MR) is 255 cm³/mol. The largest absolute Gasteiger partial charge is 0.505 e. The molecule has 0 saturated carbocycles. The number of nitrogens with zero attached hydrogens (tertiary/aromatic N) is 3. The monoisotopic (exact) mass is 931 g/mol. The number of phenolic OH excluding ortho intramolecular Hbond substituents is 2. The SMILES string of the molecule is O=C(COc1ccccc1)NC(c1cc(Cl)c2cccnc2c1O)c1cccc2cccnc12.O=C(COc1ccccc1)NC(c1cccc2c1OCO2)c1cc(Cl)c2cccnc2c1O. The van der Waals surface area contributed by atoms with Crippen LogP contribution in [0.25, 0.3) is 32.7 Å². The van der Waals surface area contributed by atoms with Crippen LogP contribution in [-0.2, 0) is 9.59 Å². The van der Waals surface area contributed by atoms with Gasteiger partial charge in [0.2, 0.25) is 6.79 Å². The topological polar surface area (TPSA) is 174 Å². The maximum absolute atomic E-state index is 13.0. The number of nitrogens with one attached hydrogen (secondary N) is 2. The number of aromatic nitrogens is 3. The van der Waals surface area contributed by atoms with Crippen LogP contribution < -0.4 is 29.6 Å². The van der Waals surface area contributed by atoms with Crippen molar-refractivity contribution in [1.29, 1.82) is 0 Å². The molecule has 1 aliphatic heterocycles. The second-order valence-electron chi connectivity index (χ2n) is 15.1. The molecule has 4 heterocycles. The van der Waals surface area contributed by atoms with Crippen LogP contribution in [0.15, 0.2) is 164 Å². The first-order valence-corrected chi connectivity index (χ1v) is 21.7. The number of halogens is 2. The highest BCUT2D eigenvalue weighted by molar-refractivity contribution is 6.36. The number of rotatable bonds is 12. The van der Waals surface area contributed by atoms with Crippen molar-refractivity contribution in [2.24, 2.45) is 0 Å². The predicted octanol–water partition coefficient (Wildman–Crippen LogP) is 10.0. The van der Waals surface area contributed by atoms with Gasteiger partial charge >= 0.3 is 0 Å². The Bertz CT molecular complexity index is 3250. The zero-order valence-electron chi connectivity index (χ0n) is 35.3. The van der Waals surface area contributed by atoms with Crippen LogP contribution in [0, 0.1) is 0 Å². The molecule has 10 rings (SSSR count). The van der Waals surface area contributed by atoms with E-state index in [4.69, 9.17) is 42.1 Å². The summed E-state index contributed by atoms with van der Waals surface area (Å²) >= 11 is 13.1. The van der Waals surface area contributed by atoms with Crippen LogP contribution in [0.4, 0.5) is 0 Å². The normalized spacial score (nSPS) is 12.4. The minimum absolute atomic E-state index is 0.0535. The van der Waals surface area contributed by atoms with Crippen LogP contribution in [0.5, 0.6) is 34.5 Å². The lowest BCUT2D eigenvalue weighted by molar-refractivity contribution is -0.124. The molecule has 67 heavy (non-hydrogen) atoms. The minimum Gasteiger partial charge on any atom is -0.505 e. The molecule has 0 bridgehead atoms. The number of phenols is 2. The summed E-state index contributed by atoms with van der Waals surface area (Å²) in [6.07, 6.45) is 4.85. The van der Waals surface area contributed by atoms with Gasteiger partial charge in [0, 0.05) is 57.0 Å². The zero-order chi connectivity index (χ0) is 46.3. The molecular formula is C52H39Cl2N5O8. The summed E-state index contributed by atoms with van der Waals surface area (Å²) < 4.78 is 22.4. The molecular weight excluding hydrogens is 894 g/mol. The van der Waals surface area contributed by atoms with E-state index in [9.17, 15) is 19.8 Å². The van der Waals surface area contributed by atoms with E-state index in [1.54, 1.807) is 97.5 Å². The van der Waals surface area contributed by atoms with E-state index in [1.807, 2.05) is 66.7 Å². The van der Waals surface area contributed by atoms with Crippen molar-refractivity contribution in [3.05, 3.63) is 196 Å². The summed E-state index contributed by atoms with van der Waals surface area (Å²) in [5.41, 5.74) is 3.52. The molecule has 6 aromatic carbocycles. The molecule has 0 radical (unpaired) electrons. The van der Waals surface area contributed by atoms with Crippen LogP contribution in [0.3, 0.4) is 0 Å². The first-order valence-electron chi connectivity index (χ1n) is 20.9. The highest BCUT2D eigenvalue weighted by Crippen LogP contribution is 2.45. The van der Waals surface area contributed by atoms with Crippen molar-refractivity contribution in [2.45, 2.75) is 12.1 Å². The molecule has 13 nitrogen and oxygen atoms in total. The molecule has 0 aliphatic carbocycles. The van der Waals surface area contributed by atoms with E-state index in [-0.39, 0.29) is 37.4 Å². The van der Waals surface area contributed by atoms with Crippen LogP contribution in [0.1, 0.15) is 34.3 Å². The lowest BCUT2D eigenvalue weighted by Gasteiger charge is -2.23. The van der Waals surface area contributed by atoms with Gasteiger partial charge in [-0.3, -0.25) is 24.5 Å². The number of ether oxygens (including phenoxy) is 4. The van der Waals surface area contributed by atoms with Crippen molar-refractivity contribution in [3.63, 3.8) is 0 Å². The Hall–Kier alpha value is -8.13. The van der Waals surface area contributed by atoms with Crippen molar-refractivity contribution in [1.82, 2.24) is 25.6 Å². The molecule has 2 atom stereocenters. The van der Waals surface area contributed by atoms with E-state index in [0.29, 0.717) is 82.6 Å². The standard InChI is InChI=1S/C27H20ClN3O3.C25H19ClN2O5/c28-22-15-21(27(33)26-19(22)12-6-14-30-26)25(20-11-4-7-17-8-5-13-29-24(17)20)31-23(32)16-34-18-9-2-1-3-10-18;26-19-12-18(24(30)23-16(19)9-5-11-27-23)22(17-8-4-10-20-25(17)33-14-32-20)28-21(29)13-31-15-6-2-1-3-7-15/h1-15,25,33H,16H2,(H,31,32);1-12,22,30H,13-14H2,(H,28,29). The van der Waals surface area contributed by atoms with Crippen molar-refractivity contribution >= 4 is 67.7 Å². The summed E-state index contributed by atoms with van der Waals surface area (Å²) in [6.45, 7) is -0.345. The van der Waals surface area contributed by atoms with E-state index in [0.717, 1.165) is 5.39 Å². The number of aromatic hydroxyl groups is 2.